The van der Waals surface area contributed by atoms with Crippen LogP contribution in [0.15, 0.2) is 28.7 Å². The summed E-state index contributed by atoms with van der Waals surface area (Å²) >= 11 is 5.31. The molecule has 0 amide bonds. The topological polar surface area (TPSA) is 43.3 Å². The second-order valence-corrected chi connectivity index (χ2v) is 8.16. The highest BCUT2D eigenvalue weighted by Gasteiger charge is 2.20. The molecular formula is C16H18BrN3S. The molecule has 0 fully saturated rings. The number of aromatic nitrogens is 2. The van der Waals surface area contributed by atoms with Crippen molar-refractivity contribution in [1.29, 1.82) is 0 Å². The number of nitrogens with two attached hydrogens (primary N) is 1. The van der Waals surface area contributed by atoms with Crippen molar-refractivity contribution in [2.24, 2.45) is 0 Å². The molecule has 0 spiro atoms. The number of hydrogen-bond donors (Lipinski definition) is 1. The van der Waals surface area contributed by atoms with Gasteiger partial charge in [0.2, 0.25) is 0 Å². The van der Waals surface area contributed by atoms with Crippen molar-refractivity contribution >= 4 is 38.7 Å². The Bertz CT molecular complexity index is 824. The van der Waals surface area contributed by atoms with Crippen molar-refractivity contribution in [1.82, 2.24) is 9.38 Å². The highest BCUT2D eigenvalue weighted by Crippen LogP contribution is 2.37. The molecule has 0 saturated carbocycles. The Hall–Kier alpha value is -1.33. The molecule has 0 aliphatic rings. The molecule has 110 valence electrons. The number of nitrogens with zero attached hydrogens (tertiary/aromatic N) is 2. The molecule has 3 aromatic rings. The van der Waals surface area contributed by atoms with Crippen LogP contribution < -0.4 is 5.73 Å². The van der Waals surface area contributed by atoms with Gasteiger partial charge in [0.25, 0.3) is 0 Å². The Labute approximate surface area is 136 Å². The van der Waals surface area contributed by atoms with Gasteiger partial charge in [-0.15, -0.1) is 11.3 Å². The minimum Gasteiger partial charge on any atom is -0.383 e. The molecule has 3 aromatic heterocycles. The number of imidazole rings is 1. The van der Waals surface area contributed by atoms with E-state index in [1.807, 2.05) is 23.5 Å². The minimum absolute atomic E-state index is 0.149. The van der Waals surface area contributed by atoms with Crippen molar-refractivity contribution in [2.45, 2.75) is 33.1 Å². The van der Waals surface area contributed by atoms with E-state index in [4.69, 9.17) is 10.7 Å². The summed E-state index contributed by atoms with van der Waals surface area (Å²) in [5.74, 6) is 0.700. The van der Waals surface area contributed by atoms with Crippen LogP contribution in [0, 0.1) is 6.92 Å². The van der Waals surface area contributed by atoms with Gasteiger partial charge in [-0.2, -0.15) is 0 Å². The first kappa shape index (κ1) is 14.6. The summed E-state index contributed by atoms with van der Waals surface area (Å²) in [4.78, 5) is 7.17. The smallest absolute Gasteiger partial charge is 0.139 e. The Morgan fingerprint density at radius 3 is 2.52 bits per heavy atom. The Balaban J connectivity index is 2.20. The number of rotatable bonds is 1. The number of hydrogen-bond acceptors (Lipinski definition) is 3. The molecule has 21 heavy (non-hydrogen) atoms. The summed E-state index contributed by atoms with van der Waals surface area (Å²) in [5.41, 5.74) is 9.32. The first-order valence-corrected chi connectivity index (χ1v) is 8.43. The fourth-order valence-corrected chi connectivity index (χ4v) is 3.71. The number of fused-ring (bicyclic) bond motifs is 1. The first-order chi connectivity index (χ1) is 9.79. The van der Waals surface area contributed by atoms with E-state index >= 15 is 0 Å². The first-order valence-electron chi connectivity index (χ1n) is 6.83. The lowest BCUT2D eigenvalue weighted by molar-refractivity contribution is 0.604. The Morgan fingerprint density at radius 1 is 1.19 bits per heavy atom. The summed E-state index contributed by atoms with van der Waals surface area (Å²) in [6.07, 6.45) is 0. The van der Waals surface area contributed by atoms with Crippen LogP contribution in [0.4, 0.5) is 5.82 Å². The van der Waals surface area contributed by atoms with Crippen molar-refractivity contribution in [3.63, 3.8) is 0 Å². The molecule has 0 aliphatic heterocycles. The van der Waals surface area contributed by atoms with Crippen LogP contribution in [0.2, 0.25) is 0 Å². The van der Waals surface area contributed by atoms with Crippen molar-refractivity contribution < 1.29 is 0 Å². The van der Waals surface area contributed by atoms with Crippen LogP contribution in [0.1, 0.15) is 31.3 Å². The fraction of sp³-hybridized carbons (Fsp3) is 0.312. The van der Waals surface area contributed by atoms with Crippen LogP contribution >= 0.6 is 27.3 Å². The zero-order valence-electron chi connectivity index (χ0n) is 12.6. The molecule has 2 N–H and O–H groups in total. The third-order valence-corrected chi connectivity index (χ3v) is 5.93. The summed E-state index contributed by atoms with van der Waals surface area (Å²) in [5, 5.41) is 0. The molecule has 0 aromatic carbocycles. The van der Waals surface area contributed by atoms with Crippen LogP contribution in [0.5, 0.6) is 0 Å². The third-order valence-electron chi connectivity index (χ3n) is 3.58. The molecule has 0 bridgehead atoms. The molecule has 0 unspecified atom stereocenters. The van der Waals surface area contributed by atoms with Crippen molar-refractivity contribution in [2.75, 3.05) is 5.73 Å². The minimum atomic E-state index is 0.149. The molecule has 0 atom stereocenters. The second kappa shape index (κ2) is 4.85. The number of halogens is 1. The number of thiophene rings is 1. The average Bonchev–Trinajstić information content (AvgIpc) is 2.98. The maximum atomic E-state index is 6.35. The predicted molar refractivity (Wildman–Crippen MR) is 94.1 cm³/mol. The largest absolute Gasteiger partial charge is 0.383 e. The molecule has 3 heterocycles. The molecule has 3 nitrogen and oxygen atoms in total. The maximum Gasteiger partial charge on any atom is 0.139 e. The fourth-order valence-electron chi connectivity index (χ4n) is 2.34. The SMILES string of the molecule is Cc1c(Br)ccc2nc(-c3ccc(C(C)(C)C)s3)c(N)n12. The Kier molecular flexibility index (Phi) is 3.37. The van der Waals surface area contributed by atoms with Crippen LogP contribution in [0.3, 0.4) is 0 Å². The standard InChI is InChI=1S/C16H18BrN3S/c1-9-10(17)5-8-13-19-14(15(18)20(9)13)11-6-7-12(21-11)16(2,3)4/h5-8H,18H2,1-4H3. The van der Waals surface area contributed by atoms with E-state index in [1.54, 1.807) is 11.3 Å². The van der Waals surface area contributed by atoms with Gasteiger partial charge in [0.1, 0.15) is 17.2 Å². The maximum absolute atomic E-state index is 6.35. The number of aryl methyl sites for hydroxylation is 1. The molecule has 3 rings (SSSR count). The van der Waals surface area contributed by atoms with Gasteiger partial charge in [-0.1, -0.05) is 20.8 Å². The van der Waals surface area contributed by atoms with E-state index in [-0.39, 0.29) is 5.41 Å². The lowest BCUT2D eigenvalue weighted by atomic mass is 9.95. The molecule has 0 radical (unpaired) electrons. The zero-order chi connectivity index (χ0) is 15.4. The van der Waals surface area contributed by atoms with E-state index < -0.39 is 0 Å². The summed E-state index contributed by atoms with van der Waals surface area (Å²) < 4.78 is 3.03. The van der Waals surface area contributed by atoms with E-state index in [1.165, 1.54) is 4.88 Å². The average molecular weight is 364 g/mol. The number of nitrogen functional groups attached to an aromatic ring is 1. The van der Waals surface area contributed by atoms with E-state index in [0.717, 1.165) is 26.4 Å². The summed E-state index contributed by atoms with van der Waals surface area (Å²) in [6, 6.07) is 8.28. The van der Waals surface area contributed by atoms with Gasteiger partial charge >= 0.3 is 0 Å². The normalized spacial score (nSPS) is 12.2. The highest BCUT2D eigenvalue weighted by molar-refractivity contribution is 9.10. The lowest BCUT2D eigenvalue weighted by Crippen LogP contribution is -2.07. The number of pyridine rings is 1. The molecule has 0 aliphatic carbocycles. The van der Waals surface area contributed by atoms with Gasteiger partial charge in [0.15, 0.2) is 0 Å². The molecular weight excluding hydrogens is 346 g/mol. The number of anilines is 1. The van der Waals surface area contributed by atoms with E-state index in [0.29, 0.717) is 5.82 Å². The van der Waals surface area contributed by atoms with Crippen molar-refractivity contribution in [3.8, 4) is 10.6 Å². The second-order valence-electron chi connectivity index (χ2n) is 6.22. The van der Waals surface area contributed by atoms with Crippen LogP contribution in [-0.4, -0.2) is 9.38 Å². The van der Waals surface area contributed by atoms with Gasteiger partial charge < -0.3 is 5.73 Å². The highest BCUT2D eigenvalue weighted by atomic mass is 79.9. The molecule has 0 saturated heterocycles. The predicted octanol–water partition coefficient (Wildman–Crippen LogP) is 5.01. The molecule has 5 heteroatoms. The van der Waals surface area contributed by atoms with Crippen molar-refractivity contribution in [3.05, 3.63) is 39.3 Å². The van der Waals surface area contributed by atoms with Crippen LogP contribution in [0.25, 0.3) is 16.2 Å². The van der Waals surface area contributed by atoms with Crippen LogP contribution in [-0.2, 0) is 5.41 Å². The van der Waals surface area contributed by atoms with Gasteiger partial charge in [-0.05, 0) is 52.5 Å². The van der Waals surface area contributed by atoms with E-state index in [2.05, 4.69) is 48.8 Å². The lowest BCUT2D eigenvalue weighted by Gasteiger charge is -2.15. The summed E-state index contributed by atoms with van der Waals surface area (Å²) in [6.45, 7) is 8.69. The van der Waals surface area contributed by atoms with Gasteiger partial charge in [-0.25, -0.2) is 4.98 Å². The Morgan fingerprint density at radius 2 is 1.90 bits per heavy atom. The summed E-state index contributed by atoms with van der Waals surface area (Å²) in [7, 11) is 0. The quantitative estimate of drug-likeness (QED) is 0.659. The van der Waals surface area contributed by atoms with Gasteiger partial charge in [0.05, 0.1) is 4.88 Å². The van der Waals surface area contributed by atoms with E-state index in [9.17, 15) is 0 Å². The van der Waals surface area contributed by atoms with Gasteiger partial charge in [0, 0.05) is 15.0 Å². The zero-order valence-corrected chi connectivity index (χ0v) is 15.0. The van der Waals surface area contributed by atoms with Gasteiger partial charge in [-0.3, -0.25) is 4.40 Å². The monoisotopic (exact) mass is 363 g/mol. The third kappa shape index (κ3) is 2.38.